The standard InChI is InChI=1S/C23H29N3O4S/c1-16-12-18(15-23(2,3)14-16)24-25-22(27)17-8-7-9-19(13-17)31(28,29)26-20-10-5-6-11-21(20)30-4/h5-11,13,16,26H,12,14-15H2,1-4H3,(H,25,27). The van der Waals surface area contributed by atoms with Crippen molar-refractivity contribution in [3.05, 3.63) is 54.1 Å². The average molecular weight is 444 g/mol. The van der Waals surface area contributed by atoms with Gasteiger partial charge in [-0.05, 0) is 60.9 Å². The van der Waals surface area contributed by atoms with Gasteiger partial charge in [-0.1, -0.05) is 39.0 Å². The van der Waals surface area contributed by atoms with E-state index in [0.29, 0.717) is 17.4 Å². The Morgan fingerprint density at radius 1 is 1.16 bits per heavy atom. The van der Waals surface area contributed by atoms with Crippen molar-refractivity contribution in [2.45, 2.75) is 44.9 Å². The number of nitrogens with one attached hydrogen (secondary N) is 2. The number of benzene rings is 2. The van der Waals surface area contributed by atoms with Crippen LogP contribution in [0, 0.1) is 11.3 Å². The number of nitrogens with zero attached hydrogens (tertiary/aromatic N) is 1. The highest BCUT2D eigenvalue weighted by Crippen LogP contribution is 2.36. The maximum atomic E-state index is 12.8. The van der Waals surface area contributed by atoms with Gasteiger partial charge in [0.15, 0.2) is 0 Å². The number of hydrogen-bond acceptors (Lipinski definition) is 5. The molecule has 1 fully saturated rings. The average Bonchev–Trinajstić information content (AvgIpc) is 2.71. The molecular weight excluding hydrogens is 414 g/mol. The lowest BCUT2D eigenvalue weighted by molar-refractivity contribution is 0.0953. The number of rotatable bonds is 6. The van der Waals surface area contributed by atoms with Crippen molar-refractivity contribution >= 4 is 27.3 Å². The Bertz CT molecular complexity index is 1090. The number of para-hydroxylation sites is 2. The Morgan fingerprint density at radius 3 is 2.61 bits per heavy atom. The van der Waals surface area contributed by atoms with Crippen LogP contribution in [0.4, 0.5) is 5.69 Å². The summed E-state index contributed by atoms with van der Waals surface area (Å²) in [5, 5.41) is 4.32. The van der Waals surface area contributed by atoms with Crippen LogP contribution < -0.4 is 14.9 Å². The number of hydrazone groups is 1. The van der Waals surface area contributed by atoms with Crippen LogP contribution in [0.1, 0.15) is 50.4 Å². The van der Waals surface area contributed by atoms with E-state index in [0.717, 1.165) is 25.0 Å². The van der Waals surface area contributed by atoms with Crippen LogP contribution in [0.25, 0.3) is 0 Å². The molecule has 8 heteroatoms. The normalized spacial score (nSPS) is 19.6. The molecule has 3 rings (SSSR count). The Hall–Kier alpha value is -2.87. The van der Waals surface area contributed by atoms with E-state index in [1.165, 1.54) is 25.3 Å². The molecule has 0 aromatic heterocycles. The van der Waals surface area contributed by atoms with Crippen LogP contribution in [0.3, 0.4) is 0 Å². The van der Waals surface area contributed by atoms with E-state index in [1.54, 1.807) is 30.3 Å². The molecule has 2 N–H and O–H groups in total. The van der Waals surface area contributed by atoms with E-state index >= 15 is 0 Å². The maximum absolute atomic E-state index is 12.8. The highest BCUT2D eigenvalue weighted by Gasteiger charge is 2.29. The van der Waals surface area contributed by atoms with Gasteiger partial charge in [0.05, 0.1) is 17.7 Å². The predicted molar refractivity (Wildman–Crippen MR) is 122 cm³/mol. The van der Waals surface area contributed by atoms with Crippen molar-refractivity contribution in [1.82, 2.24) is 5.43 Å². The van der Waals surface area contributed by atoms with E-state index in [-0.39, 0.29) is 15.9 Å². The maximum Gasteiger partial charge on any atom is 0.271 e. The summed E-state index contributed by atoms with van der Waals surface area (Å²) in [7, 11) is -2.44. The first-order valence-electron chi connectivity index (χ1n) is 10.2. The number of carbonyl (C=O) groups excluding carboxylic acids is 1. The van der Waals surface area contributed by atoms with Gasteiger partial charge >= 0.3 is 0 Å². The monoisotopic (exact) mass is 443 g/mol. The first-order chi connectivity index (χ1) is 14.6. The highest BCUT2D eigenvalue weighted by atomic mass is 32.2. The van der Waals surface area contributed by atoms with Crippen molar-refractivity contribution in [2.75, 3.05) is 11.8 Å². The van der Waals surface area contributed by atoms with Crippen LogP contribution in [-0.4, -0.2) is 27.1 Å². The number of carbonyl (C=O) groups is 1. The molecule has 0 aliphatic heterocycles. The van der Waals surface area contributed by atoms with Gasteiger partial charge in [-0.15, -0.1) is 0 Å². The lowest BCUT2D eigenvalue weighted by atomic mass is 9.72. The summed E-state index contributed by atoms with van der Waals surface area (Å²) in [4.78, 5) is 12.6. The number of amides is 1. The van der Waals surface area contributed by atoms with Crippen molar-refractivity contribution in [2.24, 2.45) is 16.4 Å². The van der Waals surface area contributed by atoms with Gasteiger partial charge in [-0.25, -0.2) is 13.8 Å². The van der Waals surface area contributed by atoms with Gasteiger partial charge < -0.3 is 4.74 Å². The summed E-state index contributed by atoms with van der Waals surface area (Å²) in [6.07, 6.45) is 2.80. The fourth-order valence-corrected chi connectivity index (χ4v) is 5.25. The molecule has 1 unspecified atom stereocenters. The molecule has 7 nitrogen and oxygen atoms in total. The molecule has 31 heavy (non-hydrogen) atoms. The van der Waals surface area contributed by atoms with Crippen LogP contribution in [0.2, 0.25) is 0 Å². The molecule has 0 bridgehead atoms. The smallest absolute Gasteiger partial charge is 0.271 e. The second kappa shape index (κ2) is 9.09. The third-order valence-electron chi connectivity index (χ3n) is 5.24. The number of hydrogen-bond donors (Lipinski definition) is 2. The number of methoxy groups -OCH3 is 1. The van der Waals surface area contributed by atoms with Gasteiger partial charge in [0.1, 0.15) is 5.75 Å². The van der Waals surface area contributed by atoms with Gasteiger partial charge in [-0.2, -0.15) is 5.10 Å². The Kier molecular flexibility index (Phi) is 6.69. The Balaban J connectivity index is 1.76. The predicted octanol–water partition coefficient (Wildman–Crippen LogP) is 4.43. The number of sulfonamides is 1. The third kappa shape index (κ3) is 5.85. The molecule has 1 atom stereocenters. The van der Waals surface area contributed by atoms with Crippen LogP contribution in [-0.2, 0) is 10.0 Å². The van der Waals surface area contributed by atoms with Gasteiger partial charge in [0.25, 0.3) is 15.9 Å². The summed E-state index contributed by atoms with van der Waals surface area (Å²) in [5.41, 5.74) is 4.23. The zero-order chi connectivity index (χ0) is 22.6. The Labute approximate surface area is 183 Å². The largest absolute Gasteiger partial charge is 0.495 e. The molecule has 2 aromatic carbocycles. The van der Waals surface area contributed by atoms with E-state index < -0.39 is 15.9 Å². The second-order valence-corrected chi connectivity index (χ2v) is 10.5. The van der Waals surface area contributed by atoms with Crippen molar-refractivity contribution in [1.29, 1.82) is 0 Å². The minimum atomic E-state index is -3.91. The fourth-order valence-electron chi connectivity index (χ4n) is 4.13. The fraction of sp³-hybridized carbons (Fsp3) is 0.391. The van der Waals surface area contributed by atoms with Gasteiger partial charge in [0.2, 0.25) is 0 Å². The van der Waals surface area contributed by atoms with E-state index in [1.807, 2.05) is 0 Å². The highest BCUT2D eigenvalue weighted by molar-refractivity contribution is 7.92. The van der Waals surface area contributed by atoms with Crippen molar-refractivity contribution in [3.8, 4) is 5.75 Å². The molecular formula is C23H29N3O4S. The minimum Gasteiger partial charge on any atom is -0.495 e. The molecule has 1 aliphatic rings. The van der Waals surface area contributed by atoms with Crippen molar-refractivity contribution in [3.63, 3.8) is 0 Å². The molecule has 2 aromatic rings. The van der Waals surface area contributed by atoms with E-state index in [2.05, 4.69) is 36.0 Å². The minimum absolute atomic E-state index is 0.0221. The summed E-state index contributed by atoms with van der Waals surface area (Å²) >= 11 is 0. The molecule has 1 saturated carbocycles. The zero-order valence-corrected chi connectivity index (χ0v) is 19.1. The Morgan fingerprint density at radius 2 is 1.90 bits per heavy atom. The molecule has 1 aliphatic carbocycles. The first-order valence-corrected chi connectivity index (χ1v) is 11.7. The lowest BCUT2D eigenvalue weighted by Gasteiger charge is -2.34. The SMILES string of the molecule is COc1ccccc1NS(=O)(=O)c1cccc(C(=O)NN=C2CC(C)CC(C)(C)C2)c1. The van der Waals surface area contributed by atoms with Gasteiger partial charge in [-0.3, -0.25) is 9.52 Å². The van der Waals surface area contributed by atoms with Crippen LogP contribution >= 0.6 is 0 Å². The molecule has 166 valence electrons. The topological polar surface area (TPSA) is 96.9 Å². The van der Waals surface area contributed by atoms with E-state index in [9.17, 15) is 13.2 Å². The molecule has 1 amide bonds. The molecule has 0 saturated heterocycles. The van der Waals surface area contributed by atoms with E-state index in [4.69, 9.17) is 4.74 Å². The zero-order valence-electron chi connectivity index (χ0n) is 18.3. The summed E-state index contributed by atoms with van der Waals surface area (Å²) in [6, 6.07) is 12.6. The van der Waals surface area contributed by atoms with Gasteiger partial charge in [0, 0.05) is 11.3 Å². The molecule has 0 heterocycles. The molecule has 0 radical (unpaired) electrons. The molecule has 0 spiro atoms. The van der Waals surface area contributed by atoms with Crippen molar-refractivity contribution < 1.29 is 17.9 Å². The number of ether oxygens (including phenoxy) is 1. The number of anilines is 1. The third-order valence-corrected chi connectivity index (χ3v) is 6.60. The summed E-state index contributed by atoms with van der Waals surface area (Å²) in [6.45, 7) is 6.58. The lowest BCUT2D eigenvalue weighted by Crippen LogP contribution is -2.30. The second-order valence-electron chi connectivity index (χ2n) is 8.81. The quantitative estimate of drug-likeness (QED) is 0.646. The summed E-state index contributed by atoms with van der Waals surface area (Å²) < 4.78 is 33.4. The summed E-state index contributed by atoms with van der Waals surface area (Å²) in [5.74, 6) is 0.465. The van der Waals surface area contributed by atoms with Crippen LogP contribution in [0.15, 0.2) is 58.5 Å². The van der Waals surface area contributed by atoms with Crippen LogP contribution in [0.5, 0.6) is 5.75 Å². The first kappa shape index (κ1) is 22.8.